The Bertz CT molecular complexity index is 956. The van der Waals surface area contributed by atoms with Crippen molar-refractivity contribution >= 4 is 22.9 Å². The maximum atomic E-state index is 13.1. The van der Waals surface area contributed by atoms with Crippen LogP contribution in [-0.4, -0.2) is 30.5 Å². The molecule has 0 amide bonds. The van der Waals surface area contributed by atoms with Gasteiger partial charge in [-0.15, -0.1) is 0 Å². The average Bonchev–Trinajstić information content (AvgIpc) is 2.64. The highest BCUT2D eigenvalue weighted by Gasteiger charge is 2.19. The molecule has 0 spiro atoms. The summed E-state index contributed by atoms with van der Waals surface area (Å²) in [6.45, 7) is 0.427. The van der Waals surface area contributed by atoms with Crippen LogP contribution >= 0.6 is 0 Å². The molecular weight excluding hydrogens is 333 g/mol. The van der Waals surface area contributed by atoms with Gasteiger partial charge in [-0.3, -0.25) is 9.78 Å². The summed E-state index contributed by atoms with van der Waals surface area (Å²) in [6.07, 6.45) is 2.90. The van der Waals surface area contributed by atoms with Crippen LogP contribution in [0, 0.1) is 5.82 Å². The molecular formula is C20H20FN3O2. The molecule has 0 saturated carbocycles. The number of fused-ring (bicyclic) bond motifs is 1. The minimum absolute atomic E-state index is 0.118. The van der Waals surface area contributed by atoms with Gasteiger partial charge in [-0.1, -0.05) is 12.1 Å². The molecule has 2 aromatic carbocycles. The van der Waals surface area contributed by atoms with Gasteiger partial charge < -0.3 is 15.7 Å². The van der Waals surface area contributed by atoms with Crippen molar-refractivity contribution < 1.29 is 14.3 Å². The smallest absolute Gasteiger partial charge is 0.154 e. The third kappa shape index (κ3) is 3.23. The van der Waals surface area contributed by atoms with E-state index >= 15 is 0 Å². The summed E-state index contributed by atoms with van der Waals surface area (Å²) in [5.41, 5.74) is 3.93. The lowest BCUT2D eigenvalue weighted by Crippen LogP contribution is -2.11. The van der Waals surface area contributed by atoms with Crippen molar-refractivity contribution in [2.24, 2.45) is 0 Å². The standard InChI is InChI=1S/C20H20FN3O2/c1-22-10-16-17(11-25)20(26)19-15(18(16)23-2)8-13(9-24-19)7-12-3-5-14(21)6-4-12/h3-6,8-9,11,22-23,26H,7,10H2,1-2H3. The number of aldehydes is 1. The third-order valence-corrected chi connectivity index (χ3v) is 4.36. The Hall–Kier alpha value is -2.99. The molecule has 5 nitrogen and oxygen atoms in total. The number of hydrogen-bond acceptors (Lipinski definition) is 5. The number of nitrogens with zero attached hydrogens (tertiary/aromatic N) is 1. The first-order valence-electron chi connectivity index (χ1n) is 8.27. The second-order valence-corrected chi connectivity index (χ2v) is 6.06. The summed E-state index contributed by atoms with van der Waals surface area (Å²) in [7, 11) is 3.55. The third-order valence-electron chi connectivity index (χ3n) is 4.36. The number of halogens is 1. The van der Waals surface area contributed by atoms with Gasteiger partial charge in [0.2, 0.25) is 0 Å². The van der Waals surface area contributed by atoms with Crippen molar-refractivity contribution in [3.8, 4) is 5.75 Å². The molecule has 0 radical (unpaired) electrons. The van der Waals surface area contributed by atoms with E-state index in [1.165, 1.54) is 12.1 Å². The fourth-order valence-corrected chi connectivity index (χ4v) is 3.16. The lowest BCUT2D eigenvalue weighted by molar-refractivity contribution is 0.112. The molecule has 0 atom stereocenters. The number of benzene rings is 2. The Kier molecular flexibility index (Phi) is 5.14. The van der Waals surface area contributed by atoms with E-state index in [0.717, 1.165) is 22.2 Å². The summed E-state index contributed by atoms with van der Waals surface area (Å²) in [5.74, 6) is -0.390. The maximum absolute atomic E-state index is 13.1. The van der Waals surface area contributed by atoms with Gasteiger partial charge in [0.15, 0.2) is 12.0 Å². The summed E-state index contributed by atoms with van der Waals surface area (Å²) in [5, 5.41) is 17.4. The zero-order chi connectivity index (χ0) is 18.7. The van der Waals surface area contributed by atoms with E-state index < -0.39 is 0 Å². The normalized spacial score (nSPS) is 10.9. The zero-order valence-corrected chi connectivity index (χ0v) is 14.6. The Morgan fingerprint density at radius 2 is 1.92 bits per heavy atom. The van der Waals surface area contributed by atoms with E-state index in [-0.39, 0.29) is 17.1 Å². The molecule has 0 unspecified atom stereocenters. The summed E-state index contributed by atoms with van der Waals surface area (Å²) >= 11 is 0. The topological polar surface area (TPSA) is 74.2 Å². The lowest BCUT2D eigenvalue weighted by Gasteiger charge is -2.17. The van der Waals surface area contributed by atoms with Crippen molar-refractivity contribution in [3.63, 3.8) is 0 Å². The lowest BCUT2D eigenvalue weighted by atomic mass is 9.97. The molecule has 0 aliphatic carbocycles. The number of nitrogens with one attached hydrogen (secondary N) is 2. The number of rotatable bonds is 6. The molecule has 0 bridgehead atoms. The summed E-state index contributed by atoms with van der Waals surface area (Å²) in [6, 6.07) is 8.26. The minimum Gasteiger partial charge on any atom is -0.505 e. The molecule has 3 aromatic rings. The largest absolute Gasteiger partial charge is 0.505 e. The van der Waals surface area contributed by atoms with Crippen LogP contribution in [0.15, 0.2) is 36.5 Å². The van der Waals surface area contributed by atoms with Crippen molar-refractivity contribution in [2.75, 3.05) is 19.4 Å². The van der Waals surface area contributed by atoms with E-state index in [1.54, 1.807) is 32.4 Å². The number of phenolic OH excluding ortho intramolecular Hbond substituents is 1. The number of anilines is 1. The molecule has 3 N–H and O–H groups in total. The van der Waals surface area contributed by atoms with Crippen LogP contribution < -0.4 is 10.6 Å². The first-order chi connectivity index (χ1) is 12.6. The Labute approximate surface area is 150 Å². The molecule has 1 aromatic heterocycles. The van der Waals surface area contributed by atoms with Gasteiger partial charge in [-0.25, -0.2) is 4.39 Å². The highest BCUT2D eigenvalue weighted by atomic mass is 19.1. The number of aromatic nitrogens is 1. The number of carbonyl (C=O) groups excluding carboxylic acids is 1. The Balaban J connectivity index is 2.15. The number of hydrogen-bond donors (Lipinski definition) is 3. The molecule has 0 fully saturated rings. The molecule has 6 heteroatoms. The average molecular weight is 353 g/mol. The van der Waals surface area contributed by atoms with Crippen LogP contribution in [0.4, 0.5) is 10.1 Å². The first-order valence-corrected chi connectivity index (χ1v) is 8.27. The monoisotopic (exact) mass is 353 g/mol. The molecule has 3 rings (SSSR count). The van der Waals surface area contributed by atoms with Crippen molar-refractivity contribution in [1.29, 1.82) is 0 Å². The van der Waals surface area contributed by atoms with Gasteiger partial charge in [-0.05, 0) is 42.8 Å². The van der Waals surface area contributed by atoms with Gasteiger partial charge in [-0.2, -0.15) is 0 Å². The molecule has 1 heterocycles. The van der Waals surface area contributed by atoms with E-state index in [1.807, 2.05) is 6.07 Å². The summed E-state index contributed by atoms with van der Waals surface area (Å²) in [4.78, 5) is 15.9. The van der Waals surface area contributed by atoms with Gasteiger partial charge >= 0.3 is 0 Å². The second kappa shape index (κ2) is 7.49. The Morgan fingerprint density at radius 3 is 2.54 bits per heavy atom. The van der Waals surface area contributed by atoms with Crippen LogP contribution in [0.25, 0.3) is 10.9 Å². The fraction of sp³-hybridized carbons (Fsp3) is 0.200. The highest BCUT2D eigenvalue weighted by Crippen LogP contribution is 2.37. The van der Waals surface area contributed by atoms with E-state index in [0.29, 0.717) is 30.3 Å². The van der Waals surface area contributed by atoms with Crippen LogP contribution in [0.1, 0.15) is 27.0 Å². The van der Waals surface area contributed by atoms with Crippen molar-refractivity contribution in [2.45, 2.75) is 13.0 Å². The fourth-order valence-electron chi connectivity index (χ4n) is 3.16. The number of aromatic hydroxyl groups is 1. The van der Waals surface area contributed by atoms with Gasteiger partial charge in [0, 0.05) is 36.4 Å². The number of carbonyl (C=O) groups is 1. The van der Waals surface area contributed by atoms with Crippen LogP contribution in [-0.2, 0) is 13.0 Å². The van der Waals surface area contributed by atoms with Gasteiger partial charge in [0.05, 0.1) is 5.56 Å². The highest BCUT2D eigenvalue weighted by molar-refractivity contribution is 6.03. The zero-order valence-electron chi connectivity index (χ0n) is 14.6. The molecule has 0 aliphatic heterocycles. The molecule has 0 saturated heterocycles. The predicted octanol–water partition coefficient (Wildman–Crippen LogP) is 3.24. The van der Waals surface area contributed by atoms with Crippen LogP contribution in [0.3, 0.4) is 0 Å². The van der Waals surface area contributed by atoms with E-state index in [4.69, 9.17) is 0 Å². The second-order valence-electron chi connectivity index (χ2n) is 6.06. The van der Waals surface area contributed by atoms with Crippen molar-refractivity contribution in [1.82, 2.24) is 10.3 Å². The molecule has 0 aliphatic rings. The number of phenols is 1. The SMILES string of the molecule is CNCc1c(C=O)c(O)c2ncc(Cc3ccc(F)cc3)cc2c1NC. The van der Waals surface area contributed by atoms with Gasteiger partial charge in [0.1, 0.15) is 11.3 Å². The summed E-state index contributed by atoms with van der Waals surface area (Å²) < 4.78 is 13.1. The molecule has 134 valence electrons. The van der Waals surface area contributed by atoms with Crippen molar-refractivity contribution in [3.05, 3.63) is 64.6 Å². The maximum Gasteiger partial charge on any atom is 0.154 e. The Morgan fingerprint density at radius 1 is 1.19 bits per heavy atom. The van der Waals surface area contributed by atoms with Gasteiger partial charge in [0.25, 0.3) is 0 Å². The van der Waals surface area contributed by atoms with E-state index in [9.17, 15) is 14.3 Å². The first kappa shape index (κ1) is 17.8. The number of pyridine rings is 1. The molecule has 26 heavy (non-hydrogen) atoms. The quantitative estimate of drug-likeness (QED) is 0.469. The minimum atomic E-state index is -0.272. The van der Waals surface area contributed by atoms with Crippen LogP contribution in [0.5, 0.6) is 5.75 Å². The predicted molar refractivity (Wildman–Crippen MR) is 100 cm³/mol. The van der Waals surface area contributed by atoms with E-state index in [2.05, 4.69) is 15.6 Å². The van der Waals surface area contributed by atoms with Crippen LogP contribution in [0.2, 0.25) is 0 Å².